The van der Waals surface area contributed by atoms with E-state index in [1.807, 2.05) is 42.5 Å². The summed E-state index contributed by atoms with van der Waals surface area (Å²) in [6, 6.07) is 19.2. The maximum Gasteiger partial charge on any atom is 0.272 e. The molecule has 4 rings (SSSR count). The number of nitrogens with two attached hydrogens (primary N) is 1. The molecule has 0 spiro atoms. The van der Waals surface area contributed by atoms with E-state index in [1.54, 1.807) is 31.5 Å². The third-order valence-corrected chi connectivity index (χ3v) is 5.39. The molecule has 0 saturated heterocycles. The Morgan fingerprint density at radius 3 is 2.32 bits per heavy atom. The van der Waals surface area contributed by atoms with Crippen molar-refractivity contribution in [3.05, 3.63) is 119 Å². The second-order valence-electron chi connectivity index (χ2n) is 7.82. The zero-order valence-corrected chi connectivity index (χ0v) is 18.7. The summed E-state index contributed by atoms with van der Waals surface area (Å²) in [5, 5.41) is 6.29. The minimum absolute atomic E-state index is 0.108. The van der Waals surface area contributed by atoms with Crippen LogP contribution in [0.15, 0.2) is 79.1 Å². The van der Waals surface area contributed by atoms with Crippen LogP contribution in [-0.2, 0) is 13.1 Å². The van der Waals surface area contributed by atoms with Crippen LogP contribution in [0.5, 0.6) is 0 Å². The highest BCUT2D eigenvalue weighted by Crippen LogP contribution is 2.23. The fraction of sp³-hybridized carbons (Fsp3) is 0.154. The SMILES string of the molecule is Cc1nc(C(NCc2ccncc2)c2ccccc2)nc(C(=O)NCc2ccc(F)cc2)c1N. The largest absolute Gasteiger partial charge is 0.395 e. The van der Waals surface area contributed by atoms with Gasteiger partial charge in [0.15, 0.2) is 11.5 Å². The van der Waals surface area contributed by atoms with Gasteiger partial charge in [-0.2, -0.15) is 0 Å². The predicted octanol–water partition coefficient (Wildman–Crippen LogP) is 3.71. The second kappa shape index (κ2) is 10.6. The van der Waals surface area contributed by atoms with E-state index in [0.29, 0.717) is 18.1 Å². The number of nitrogen functional groups attached to an aromatic ring is 1. The molecule has 4 N–H and O–H groups in total. The number of nitrogens with zero attached hydrogens (tertiary/aromatic N) is 3. The molecule has 172 valence electrons. The molecule has 0 aliphatic carbocycles. The van der Waals surface area contributed by atoms with E-state index in [2.05, 4.69) is 25.6 Å². The summed E-state index contributed by atoms with van der Waals surface area (Å²) in [7, 11) is 0. The molecule has 1 unspecified atom stereocenters. The number of benzene rings is 2. The lowest BCUT2D eigenvalue weighted by Gasteiger charge is -2.20. The number of rotatable bonds is 8. The van der Waals surface area contributed by atoms with Gasteiger partial charge in [0.2, 0.25) is 0 Å². The maximum absolute atomic E-state index is 13.1. The molecular formula is C26H25FN6O. The Morgan fingerprint density at radius 1 is 0.941 bits per heavy atom. The fourth-order valence-corrected chi connectivity index (χ4v) is 3.50. The summed E-state index contributed by atoms with van der Waals surface area (Å²) in [4.78, 5) is 26.2. The lowest BCUT2D eigenvalue weighted by atomic mass is 10.0. The molecule has 0 bridgehead atoms. The highest BCUT2D eigenvalue weighted by molar-refractivity contribution is 5.97. The number of carbonyl (C=O) groups excluding carboxylic acids is 1. The fourth-order valence-electron chi connectivity index (χ4n) is 3.50. The van der Waals surface area contributed by atoms with Gasteiger partial charge in [-0.25, -0.2) is 14.4 Å². The summed E-state index contributed by atoms with van der Waals surface area (Å²) < 4.78 is 13.1. The smallest absolute Gasteiger partial charge is 0.272 e. The van der Waals surface area contributed by atoms with Gasteiger partial charge in [-0.1, -0.05) is 42.5 Å². The maximum atomic E-state index is 13.1. The molecule has 2 aromatic heterocycles. The second-order valence-corrected chi connectivity index (χ2v) is 7.82. The molecule has 8 heteroatoms. The summed E-state index contributed by atoms with van der Waals surface area (Å²) in [5.41, 5.74) is 9.81. The zero-order valence-electron chi connectivity index (χ0n) is 18.7. The Bertz CT molecular complexity index is 1250. The molecule has 34 heavy (non-hydrogen) atoms. The molecule has 0 radical (unpaired) electrons. The van der Waals surface area contributed by atoms with E-state index in [9.17, 15) is 9.18 Å². The number of aromatic nitrogens is 3. The van der Waals surface area contributed by atoms with Gasteiger partial charge in [-0.05, 0) is 47.9 Å². The normalized spacial score (nSPS) is 11.7. The van der Waals surface area contributed by atoms with Gasteiger partial charge in [0.1, 0.15) is 5.82 Å². The van der Waals surface area contributed by atoms with Gasteiger partial charge < -0.3 is 11.1 Å². The van der Waals surface area contributed by atoms with E-state index in [0.717, 1.165) is 16.7 Å². The van der Waals surface area contributed by atoms with Crippen molar-refractivity contribution in [3.63, 3.8) is 0 Å². The van der Waals surface area contributed by atoms with E-state index in [4.69, 9.17) is 5.73 Å². The number of hydrogen-bond donors (Lipinski definition) is 3. The van der Waals surface area contributed by atoms with Crippen LogP contribution in [0, 0.1) is 12.7 Å². The van der Waals surface area contributed by atoms with Crippen molar-refractivity contribution >= 4 is 11.6 Å². The summed E-state index contributed by atoms with van der Waals surface area (Å²) in [6.45, 7) is 2.53. The number of halogens is 1. The molecule has 7 nitrogen and oxygen atoms in total. The topological polar surface area (TPSA) is 106 Å². The summed E-state index contributed by atoms with van der Waals surface area (Å²) in [6.07, 6.45) is 3.48. The highest BCUT2D eigenvalue weighted by Gasteiger charge is 2.22. The van der Waals surface area contributed by atoms with Crippen molar-refractivity contribution in [1.29, 1.82) is 0 Å². The Kier molecular flexibility index (Phi) is 7.19. The Balaban J connectivity index is 1.61. The van der Waals surface area contributed by atoms with Crippen molar-refractivity contribution in [3.8, 4) is 0 Å². The van der Waals surface area contributed by atoms with Gasteiger partial charge in [-0.3, -0.25) is 15.1 Å². The average Bonchev–Trinajstić information content (AvgIpc) is 2.87. The number of aryl methyl sites for hydroxylation is 1. The molecule has 0 fully saturated rings. The minimum atomic E-state index is -0.422. The van der Waals surface area contributed by atoms with E-state index in [1.165, 1.54) is 12.1 Å². The first-order valence-corrected chi connectivity index (χ1v) is 10.8. The Hall–Kier alpha value is -4.17. The Labute approximate surface area is 197 Å². The lowest BCUT2D eigenvalue weighted by Crippen LogP contribution is -2.29. The molecule has 0 aliphatic rings. The van der Waals surface area contributed by atoms with Crippen LogP contribution in [0.2, 0.25) is 0 Å². The van der Waals surface area contributed by atoms with Gasteiger partial charge in [-0.15, -0.1) is 0 Å². The molecule has 0 saturated carbocycles. The molecule has 2 aromatic carbocycles. The summed E-state index contributed by atoms with van der Waals surface area (Å²) in [5.74, 6) is -0.310. The first kappa shape index (κ1) is 23.0. The number of nitrogens with one attached hydrogen (secondary N) is 2. The van der Waals surface area contributed by atoms with E-state index in [-0.39, 0.29) is 29.8 Å². The molecular weight excluding hydrogens is 431 g/mol. The van der Waals surface area contributed by atoms with Crippen molar-refractivity contribution in [2.24, 2.45) is 0 Å². The third-order valence-electron chi connectivity index (χ3n) is 5.39. The quantitative estimate of drug-likeness (QED) is 0.373. The van der Waals surface area contributed by atoms with Crippen molar-refractivity contribution in [2.45, 2.75) is 26.1 Å². The number of carbonyl (C=O) groups is 1. The first-order chi connectivity index (χ1) is 16.5. The van der Waals surface area contributed by atoms with E-state index >= 15 is 0 Å². The minimum Gasteiger partial charge on any atom is -0.395 e. The molecule has 1 amide bonds. The number of amides is 1. The van der Waals surface area contributed by atoms with Crippen LogP contribution < -0.4 is 16.4 Å². The molecule has 0 aliphatic heterocycles. The number of anilines is 1. The zero-order chi connectivity index (χ0) is 23.9. The van der Waals surface area contributed by atoms with Gasteiger partial charge in [0.05, 0.1) is 17.4 Å². The third kappa shape index (κ3) is 5.60. The van der Waals surface area contributed by atoms with Crippen LogP contribution in [0.1, 0.15) is 44.7 Å². The van der Waals surface area contributed by atoms with Crippen molar-refractivity contribution in [1.82, 2.24) is 25.6 Å². The van der Waals surface area contributed by atoms with Crippen LogP contribution in [0.4, 0.5) is 10.1 Å². The van der Waals surface area contributed by atoms with Gasteiger partial charge >= 0.3 is 0 Å². The monoisotopic (exact) mass is 456 g/mol. The Morgan fingerprint density at radius 2 is 1.62 bits per heavy atom. The van der Waals surface area contributed by atoms with Crippen LogP contribution in [-0.4, -0.2) is 20.9 Å². The van der Waals surface area contributed by atoms with Crippen molar-refractivity contribution in [2.75, 3.05) is 5.73 Å². The van der Waals surface area contributed by atoms with Crippen molar-refractivity contribution < 1.29 is 9.18 Å². The van der Waals surface area contributed by atoms with Crippen LogP contribution in [0.25, 0.3) is 0 Å². The van der Waals surface area contributed by atoms with Gasteiger partial charge in [0.25, 0.3) is 5.91 Å². The molecule has 2 heterocycles. The lowest BCUT2D eigenvalue weighted by molar-refractivity contribution is 0.0946. The standard InChI is InChI=1S/C26H25FN6O/c1-17-22(28)24(26(34)31-16-18-7-9-21(27)10-8-18)33-25(32-17)23(20-5-3-2-4-6-20)30-15-19-11-13-29-14-12-19/h2-14,23,30H,15-16,28H2,1H3,(H,31,34). The van der Waals surface area contributed by atoms with Crippen LogP contribution >= 0.6 is 0 Å². The van der Waals surface area contributed by atoms with Crippen LogP contribution in [0.3, 0.4) is 0 Å². The first-order valence-electron chi connectivity index (χ1n) is 10.8. The number of hydrogen-bond acceptors (Lipinski definition) is 6. The average molecular weight is 457 g/mol. The van der Waals surface area contributed by atoms with E-state index < -0.39 is 5.91 Å². The summed E-state index contributed by atoms with van der Waals surface area (Å²) >= 11 is 0. The number of pyridine rings is 1. The predicted molar refractivity (Wildman–Crippen MR) is 128 cm³/mol. The highest BCUT2D eigenvalue weighted by atomic mass is 19.1. The molecule has 4 aromatic rings. The molecule has 1 atom stereocenters. The van der Waals surface area contributed by atoms with Gasteiger partial charge in [0, 0.05) is 25.5 Å².